The third kappa shape index (κ3) is 4.87. The molecule has 291 valence electrons. The Morgan fingerprint density at radius 3 is 2.23 bits per heavy atom. The fourth-order valence-electron chi connectivity index (χ4n) is 10.8. The highest BCUT2D eigenvalue weighted by Gasteiger charge is 2.38. The third-order valence-corrected chi connectivity index (χ3v) is 15.0. The number of aromatic nitrogens is 1. The quantitative estimate of drug-likeness (QED) is 0.180. The maximum Gasteiger partial charge on any atom is 0.197 e. The predicted octanol–water partition coefficient (Wildman–Crippen LogP) is 14.3. The van der Waals surface area contributed by atoms with Crippen LogP contribution in [0.5, 0.6) is 0 Å². The van der Waals surface area contributed by atoms with Crippen LogP contribution in [0, 0.1) is 6.92 Å². The molecular weight excluding hydrogens is 760 g/mol. The molecule has 8 aromatic carbocycles. The Bertz CT molecular complexity index is 3720. The first-order valence-electron chi connectivity index (χ1n) is 21.4. The Balaban J connectivity index is 1.13. The van der Waals surface area contributed by atoms with Gasteiger partial charge in [0.1, 0.15) is 11.2 Å². The lowest BCUT2D eigenvalue weighted by Gasteiger charge is -2.27. The average molecular weight is 802 g/mol. The highest BCUT2D eigenvalue weighted by Crippen LogP contribution is 2.50. The van der Waals surface area contributed by atoms with Crippen LogP contribution in [0.4, 0.5) is 11.4 Å². The van der Waals surface area contributed by atoms with Gasteiger partial charge >= 0.3 is 0 Å². The number of hydrogen-bond donors (Lipinski definition) is 1. The van der Waals surface area contributed by atoms with E-state index in [1.165, 1.54) is 103 Å². The number of nitrogens with zero attached hydrogens (tertiary/aromatic N) is 1. The summed E-state index contributed by atoms with van der Waals surface area (Å²) in [6, 6.07) is 52.2. The van der Waals surface area contributed by atoms with Gasteiger partial charge in [-0.05, 0) is 111 Å². The van der Waals surface area contributed by atoms with E-state index in [1.54, 1.807) is 0 Å². The molecule has 61 heavy (non-hydrogen) atoms. The molecule has 13 rings (SSSR count). The zero-order valence-electron chi connectivity index (χ0n) is 35.1. The second-order valence-corrected chi connectivity index (χ2v) is 20.0. The van der Waals surface area contributed by atoms with Gasteiger partial charge in [0, 0.05) is 75.3 Å². The Labute approximate surface area is 359 Å². The van der Waals surface area contributed by atoms with Gasteiger partial charge in [0.2, 0.25) is 0 Å². The maximum atomic E-state index is 6.57. The van der Waals surface area contributed by atoms with E-state index in [1.807, 2.05) is 11.3 Å². The standard InChI is InChI=1S/C56H42BN2OS/c1-30-23-40(37-24-39-35-15-9-12-18-50(35)61-51(39)29-45(37)58-32-21-19-31(20-22-32)55(2,3)4)53-54-52(30)41-27-49-38(34-14-8-11-17-48(34)60-49)26-46(41)59(54)47-25-36-33-13-7-10-16-42(33)56(5,6)43(36)28-44(47)57-53/h7-29,58H,1-6H3. The second-order valence-electron chi connectivity index (χ2n) is 18.9. The molecule has 11 aromatic rings. The first-order valence-corrected chi connectivity index (χ1v) is 22.2. The molecule has 1 N–H and O–H groups in total. The molecule has 0 atom stereocenters. The van der Waals surface area contributed by atoms with E-state index in [9.17, 15) is 0 Å². The van der Waals surface area contributed by atoms with Crippen molar-refractivity contribution >= 4 is 105 Å². The minimum Gasteiger partial charge on any atom is -0.456 e. The van der Waals surface area contributed by atoms with E-state index in [0.717, 1.165) is 33.3 Å². The number of nitrogens with one attached hydrogen (secondary N) is 1. The molecule has 1 aliphatic heterocycles. The van der Waals surface area contributed by atoms with E-state index in [-0.39, 0.29) is 10.8 Å². The highest BCUT2D eigenvalue weighted by molar-refractivity contribution is 7.25. The normalized spacial score (nSPS) is 14.0. The minimum atomic E-state index is -0.119. The van der Waals surface area contributed by atoms with Gasteiger partial charge in [-0.15, -0.1) is 11.3 Å². The Kier molecular flexibility index (Phi) is 6.96. The highest BCUT2D eigenvalue weighted by atomic mass is 32.1. The molecular formula is C56H42BN2OS. The van der Waals surface area contributed by atoms with Gasteiger partial charge in [-0.1, -0.05) is 125 Å². The zero-order valence-corrected chi connectivity index (χ0v) is 35.9. The zero-order chi connectivity index (χ0) is 41.1. The largest absolute Gasteiger partial charge is 0.456 e. The van der Waals surface area contributed by atoms with Crippen LogP contribution in [0.15, 0.2) is 144 Å². The lowest BCUT2D eigenvalue weighted by molar-refractivity contribution is 0.590. The van der Waals surface area contributed by atoms with Gasteiger partial charge in [0.05, 0.1) is 5.52 Å². The van der Waals surface area contributed by atoms with E-state index in [4.69, 9.17) is 4.42 Å². The summed E-state index contributed by atoms with van der Waals surface area (Å²) in [5.41, 5.74) is 20.5. The van der Waals surface area contributed by atoms with Crippen LogP contribution < -0.4 is 16.2 Å². The summed E-state index contributed by atoms with van der Waals surface area (Å²) in [4.78, 5) is 0. The lowest BCUT2D eigenvalue weighted by atomic mass is 9.58. The fourth-order valence-corrected chi connectivity index (χ4v) is 11.9. The van der Waals surface area contributed by atoms with Gasteiger partial charge in [0.15, 0.2) is 7.28 Å². The van der Waals surface area contributed by atoms with Gasteiger partial charge < -0.3 is 14.3 Å². The molecule has 3 aromatic heterocycles. The van der Waals surface area contributed by atoms with Gasteiger partial charge in [0.25, 0.3) is 0 Å². The molecule has 0 unspecified atom stereocenters. The van der Waals surface area contributed by atoms with Crippen molar-refractivity contribution in [1.82, 2.24) is 4.57 Å². The molecule has 0 amide bonds. The molecule has 0 saturated heterocycles. The van der Waals surface area contributed by atoms with Crippen molar-refractivity contribution in [1.29, 1.82) is 0 Å². The van der Waals surface area contributed by atoms with Crippen molar-refractivity contribution < 1.29 is 4.42 Å². The number of fused-ring (bicyclic) bond motifs is 14. The number of anilines is 2. The van der Waals surface area contributed by atoms with E-state index in [2.05, 4.69) is 198 Å². The first-order chi connectivity index (χ1) is 29.5. The van der Waals surface area contributed by atoms with Crippen LogP contribution in [0.25, 0.3) is 91.9 Å². The number of thiophene rings is 1. The molecule has 0 saturated carbocycles. The van der Waals surface area contributed by atoms with Crippen molar-refractivity contribution in [3.63, 3.8) is 0 Å². The summed E-state index contributed by atoms with van der Waals surface area (Å²) in [5.74, 6) is 0. The number of para-hydroxylation sites is 1. The SMILES string of the molecule is Cc1cc(-c2cc3c(cc2Nc2ccc(C(C)(C)C)cc2)sc2ccccc23)c2c3c1c1cc4oc5ccccc5c4cc1n3-c1cc3c(cc1[B]2)C(C)(C)c1ccccc1-3. The molecule has 3 nitrogen and oxygen atoms in total. The molecule has 2 aliphatic rings. The van der Waals surface area contributed by atoms with Crippen LogP contribution in [0.1, 0.15) is 56.9 Å². The van der Waals surface area contributed by atoms with Crippen LogP contribution in [0.2, 0.25) is 0 Å². The third-order valence-electron chi connectivity index (χ3n) is 13.9. The molecule has 1 radical (unpaired) electrons. The van der Waals surface area contributed by atoms with E-state index < -0.39 is 0 Å². The van der Waals surface area contributed by atoms with Crippen LogP contribution >= 0.6 is 11.3 Å². The average Bonchev–Trinajstić information content (AvgIpc) is 3.97. The summed E-state index contributed by atoms with van der Waals surface area (Å²) in [6.07, 6.45) is 0. The topological polar surface area (TPSA) is 30.1 Å². The number of rotatable bonds is 3. The molecule has 0 bridgehead atoms. The molecule has 0 fully saturated rings. The van der Waals surface area contributed by atoms with Crippen molar-refractivity contribution in [3.05, 3.63) is 162 Å². The molecule has 1 aliphatic carbocycles. The summed E-state index contributed by atoms with van der Waals surface area (Å²) >= 11 is 1.87. The maximum absolute atomic E-state index is 6.57. The monoisotopic (exact) mass is 801 g/mol. The lowest BCUT2D eigenvalue weighted by Crippen LogP contribution is -2.38. The molecule has 0 spiro atoms. The summed E-state index contributed by atoms with van der Waals surface area (Å²) in [6.45, 7) is 13.9. The van der Waals surface area contributed by atoms with Gasteiger partial charge in [-0.3, -0.25) is 0 Å². The number of furan rings is 1. The van der Waals surface area contributed by atoms with Crippen LogP contribution in [-0.2, 0) is 10.8 Å². The number of aryl methyl sites for hydroxylation is 1. The second kappa shape index (κ2) is 12.1. The Morgan fingerprint density at radius 1 is 0.623 bits per heavy atom. The fraction of sp³-hybridized carbons (Fsp3) is 0.143. The smallest absolute Gasteiger partial charge is 0.197 e. The van der Waals surface area contributed by atoms with Crippen molar-refractivity contribution in [3.8, 4) is 27.9 Å². The Hall–Kier alpha value is -6.56. The van der Waals surface area contributed by atoms with Crippen LogP contribution in [-0.4, -0.2) is 11.8 Å². The Morgan fingerprint density at radius 2 is 1.39 bits per heavy atom. The van der Waals surface area contributed by atoms with Gasteiger partial charge in [-0.25, -0.2) is 0 Å². The summed E-state index contributed by atoms with van der Waals surface area (Å²) in [5, 5.41) is 11.3. The predicted molar refractivity (Wildman–Crippen MR) is 262 cm³/mol. The van der Waals surface area contributed by atoms with Crippen LogP contribution in [0.3, 0.4) is 0 Å². The number of hydrogen-bond acceptors (Lipinski definition) is 3. The molecule has 4 heterocycles. The molecule has 5 heteroatoms. The first kappa shape index (κ1) is 35.2. The van der Waals surface area contributed by atoms with E-state index in [0.29, 0.717) is 0 Å². The summed E-state index contributed by atoms with van der Waals surface area (Å²) in [7, 11) is 2.49. The van der Waals surface area contributed by atoms with E-state index >= 15 is 0 Å². The van der Waals surface area contributed by atoms with Crippen molar-refractivity contribution in [2.24, 2.45) is 0 Å². The minimum absolute atomic E-state index is 0.0770. The van der Waals surface area contributed by atoms with Crippen molar-refractivity contribution in [2.45, 2.75) is 52.4 Å². The van der Waals surface area contributed by atoms with Gasteiger partial charge in [-0.2, -0.15) is 0 Å². The number of benzene rings is 8. The van der Waals surface area contributed by atoms with Crippen molar-refractivity contribution in [2.75, 3.05) is 5.32 Å². The summed E-state index contributed by atoms with van der Waals surface area (Å²) < 4.78 is 11.7.